The maximum atomic E-state index is 12.6. The zero-order chi connectivity index (χ0) is 33.0. The number of carbonyl (C=O) groups excluding carboxylic acids is 2. The molecule has 15 heteroatoms. The zero-order valence-corrected chi connectivity index (χ0v) is 25.5. The SMILES string of the molecule is Cn1cc(C2(NC(=O)c3cc4cc(OC(F)(F)F)ccc4[nH]3)CC2)cn1.O=C(NC1(c2cocn2)CC1)c1cc2cc(Cl)ccc2[nH]1. The second-order valence-corrected chi connectivity index (χ2v) is 12.2. The number of alkyl halides is 3. The zero-order valence-electron chi connectivity index (χ0n) is 24.7. The Balaban J connectivity index is 0.000000153. The van der Waals surface area contributed by atoms with Crippen molar-refractivity contribution in [1.82, 2.24) is 35.4 Å². The van der Waals surface area contributed by atoms with E-state index >= 15 is 0 Å². The van der Waals surface area contributed by atoms with E-state index in [4.69, 9.17) is 16.0 Å². The molecule has 2 amide bonds. The molecule has 0 atom stereocenters. The number of halogens is 4. The molecule has 0 radical (unpaired) electrons. The predicted octanol–water partition coefficient (Wildman–Crippen LogP) is 6.45. The number of ether oxygens (including phenoxy) is 1. The molecule has 2 aliphatic carbocycles. The van der Waals surface area contributed by atoms with Crippen LogP contribution in [0.25, 0.3) is 21.8 Å². The van der Waals surface area contributed by atoms with E-state index < -0.39 is 11.9 Å². The van der Waals surface area contributed by atoms with E-state index in [9.17, 15) is 22.8 Å². The van der Waals surface area contributed by atoms with Crippen molar-refractivity contribution in [2.45, 2.75) is 43.1 Å². The Morgan fingerprint density at radius 2 is 1.55 bits per heavy atom. The van der Waals surface area contributed by atoms with Crippen molar-refractivity contribution in [3.63, 3.8) is 0 Å². The highest BCUT2D eigenvalue weighted by Gasteiger charge is 2.48. The molecule has 11 nitrogen and oxygen atoms in total. The van der Waals surface area contributed by atoms with Gasteiger partial charge < -0.3 is 29.8 Å². The average molecular weight is 666 g/mol. The van der Waals surface area contributed by atoms with Gasteiger partial charge in [-0.25, -0.2) is 4.98 Å². The Morgan fingerprint density at radius 3 is 2.11 bits per heavy atom. The second kappa shape index (κ2) is 11.2. The molecule has 4 aromatic heterocycles. The number of rotatable bonds is 7. The smallest absolute Gasteiger partial charge is 0.451 e. The first-order valence-electron chi connectivity index (χ1n) is 14.6. The van der Waals surface area contributed by atoms with Gasteiger partial charge in [0.25, 0.3) is 11.8 Å². The van der Waals surface area contributed by atoms with Crippen LogP contribution in [0.5, 0.6) is 5.75 Å². The minimum atomic E-state index is -4.76. The van der Waals surface area contributed by atoms with Crippen molar-refractivity contribution in [3.8, 4) is 5.75 Å². The average Bonchev–Trinajstić information content (AvgIpc) is 3.60. The van der Waals surface area contributed by atoms with Gasteiger partial charge in [-0.15, -0.1) is 13.2 Å². The van der Waals surface area contributed by atoms with Crippen LogP contribution in [0.3, 0.4) is 0 Å². The van der Waals surface area contributed by atoms with Gasteiger partial charge in [0.2, 0.25) is 0 Å². The maximum Gasteiger partial charge on any atom is 0.573 e. The molecule has 0 spiro atoms. The van der Waals surface area contributed by atoms with Gasteiger partial charge in [0.15, 0.2) is 6.39 Å². The van der Waals surface area contributed by atoms with E-state index in [2.05, 4.69) is 35.4 Å². The van der Waals surface area contributed by atoms with E-state index in [1.54, 1.807) is 36.3 Å². The van der Waals surface area contributed by atoms with Gasteiger partial charge >= 0.3 is 6.36 Å². The Hall–Kier alpha value is -5.24. The summed E-state index contributed by atoms with van der Waals surface area (Å²) in [4.78, 5) is 35.2. The van der Waals surface area contributed by atoms with Crippen LogP contribution in [0.4, 0.5) is 13.2 Å². The minimum absolute atomic E-state index is 0.150. The van der Waals surface area contributed by atoms with E-state index in [-0.39, 0.29) is 28.8 Å². The Morgan fingerprint density at radius 1 is 0.936 bits per heavy atom. The molecule has 47 heavy (non-hydrogen) atoms. The molecule has 2 aliphatic rings. The molecule has 2 aromatic carbocycles. The quantitative estimate of drug-likeness (QED) is 0.154. The van der Waals surface area contributed by atoms with Crippen LogP contribution in [0.2, 0.25) is 5.02 Å². The summed E-state index contributed by atoms with van der Waals surface area (Å²) in [6, 6.07) is 12.7. The third kappa shape index (κ3) is 6.41. The van der Waals surface area contributed by atoms with Crippen LogP contribution in [-0.4, -0.2) is 42.9 Å². The molecule has 0 saturated heterocycles. The number of oxazole rings is 1. The standard InChI is InChI=1S/C17H15F3N4O2.C15H12ClN3O2/c1-24-9-11(8-21-24)16(4-5-16)23-15(25)14-7-10-6-12(26-17(18,19)20)2-3-13(10)22-14;16-10-1-2-11-9(5-10)6-12(18-11)14(20)19-15(3-4-15)13-7-21-8-17-13/h2-3,6-9,22H,4-5H2,1H3,(H,23,25);1-2,5-8,18H,3-4H2,(H,19,20). The fraction of sp³-hybridized carbons (Fsp3) is 0.250. The van der Waals surface area contributed by atoms with E-state index in [1.165, 1.54) is 30.7 Å². The van der Waals surface area contributed by atoms with Crippen molar-refractivity contribution < 1.29 is 31.9 Å². The summed E-state index contributed by atoms with van der Waals surface area (Å²) in [5.41, 5.74) is 3.14. The highest BCUT2D eigenvalue weighted by atomic mass is 35.5. The number of carbonyl (C=O) groups is 2. The van der Waals surface area contributed by atoms with Crippen molar-refractivity contribution in [2.75, 3.05) is 0 Å². The molecular formula is C32H27ClF3N7O4. The number of hydrogen-bond acceptors (Lipinski definition) is 6. The summed E-state index contributed by atoms with van der Waals surface area (Å²) in [5.74, 6) is -0.798. The first-order chi connectivity index (χ1) is 22.4. The van der Waals surface area contributed by atoms with Crippen LogP contribution in [0, 0.1) is 0 Å². The molecule has 0 bridgehead atoms. The lowest BCUT2D eigenvalue weighted by atomic mass is 10.1. The fourth-order valence-electron chi connectivity index (χ4n) is 5.52. The van der Waals surface area contributed by atoms with Gasteiger partial charge in [-0.05, 0) is 74.2 Å². The van der Waals surface area contributed by atoms with Gasteiger partial charge in [-0.2, -0.15) is 5.10 Å². The third-order valence-corrected chi connectivity index (χ3v) is 8.52. The summed E-state index contributed by atoms with van der Waals surface area (Å²) in [5, 5.41) is 12.2. The van der Waals surface area contributed by atoms with E-state index in [1.807, 2.05) is 18.3 Å². The van der Waals surface area contributed by atoms with Gasteiger partial charge in [0.1, 0.15) is 29.1 Å². The van der Waals surface area contributed by atoms with Crippen LogP contribution in [-0.2, 0) is 18.1 Å². The number of hydrogen-bond donors (Lipinski definition) is 4. The molecule has 2 fully saturated rings. The molecule has 0 aliphatic heterocycles. The van der Waals surface area contributed by atoms with Gasteiger partial charge in [0, 0.05) is 45.6 Å². The molecule has 0 unspecified atom stereocenters. The number of aromatic amines is 2. The first kappa shape index (κ1) is 30.4. The number of aryl methyl sites for hydroxylation is 1. The van der Waals surface area contributed by atoms with Gasteiger partial charge in [-0.3, -0.25) is 14.3 Å². The molecule has 4 N–H and O–H groups in total. The molecule has 6 aromatic rings. The first-order valence-corrected chi connectivity index (χ1v) is 15.0. The number of H-pyrrole nitrogens is 2. The predicted molar refractivity (Wildman–Crippen MR) is 165 cm³/mol. The van der Waals surface area contributed by atoms with Crippen molar-refractivity contribution in [1.29, 1.82) is 0 Å². The number of amides is 2. The highest BCUT2D eigenvalue weighted by Crippen LogP contribution is 2.46. The lowest BCUT2D eigenvalue weighted by Gasteiger charge is -2.15. The molecular weight excluding hydrogens is 639 g/mol. The second-order valence-electron chi connectivity index (χ2n) is 11.7. The van der Waals surface area contributed by atoms with Crippen molar-refractivity contribution in [2.24, 2.45) is 7.05 Å². The monoisotopic (exact) mass is 665 g/mol. The summed E-state index contributed by atoms with van der Waals surface area (Å²) in [6.45, 7) is 0. The lowest BCUT2D eigenvalue weighted by molar-refractivity contribution is -0.274. The molecule has 2 saturated carbocycles. The number of benzene rings is 2. The number of aromatic nitrogens is 5. The van der Waals surface area contributed by atoms with Gasteiger partial charge in [-0.1, -0.05) is 11.6 Å². The summed E-state index contributed by atoms with van der Waals surface area (Å²) in [7, 11) is 1.81. The summed E-state index contributed by atoms with van der Waals surface area (Å²) >= 11 is 5.96. The number of nitrogens with one attached hydrogen (secondary N) is 4. The van der Waals surface area contributed by atoms with Crippen molar-refractivity contribution in [3.05, 3.63) is 101 Å². The van der Waals surface area contributed by atoms with E-state index in [0.29, 0.717) is 21.6 Å². The molecule has 242 valence electrons. The Kier molecular flexibility index (Phi) is 7.27. The van der Waals surface area contributed by atoms with Crippen LogP contribution < -0.4 is 15.4 Å². The fourth-order valence-corrected chi connectivity index (χ4v) is 5.70. The van der Waals surface area contributed by atoms with Crippen LogP contribution in [0.1, 0.15) is 57.9 Å². The largest absolute Gasteiger partial charge is 0.573 e. The summed E-state index contributed by atoms with van der Waals surface area (Å²) < 4.78 is 47.6. The minimum Gasteiger partial charge on any atom is -0.451 e. The van der Waals surface area contributed by atoms with E-state index in [0.717, 1.165) is 47.8 Å². The topological polar surface area (TPSA) is 143 Å². The van der Waals surface area contributed by atoms with Crippen LogP contribution in [0.15, 0.2) is 78.0 Å². The highest BCUT2D eigenvalue weighted by molar-refractivity contribution is 6.31. The molecule has 4 heterocycles. The number of fused-ring (bicyclic) bond motifs is 2. The summed E-state index contributed by atoms with van der Waals surface area (Å²) in [6.07, 6.45) is 5.16. The van der Waals surface area contributed by atoms with Gasteiger partial charge in [0.05, 0.1) is 17.3 Å². The third-order valence-electron chi connectivity index (χ3n) is 8.28. The normalized spacial score (nSPS) is 15.9. The maximum absolute atomic E-state index is 12.6. The van der Waals surface area contributed by atoms with Crippen LogP contribution >= 0.6 is 11.6 Å². The number of nitrogens with zero attached hydrogens (tertiary/aromatic N) is 3. The molecule has 8 rings (SSSR count). The lowest BCUT2D eigenvalue weighted by Crippen LogP contribution is -2.35. The van der Waals surface area contributed by atoms with Crippen molar-refractivity contribution >= 4 is 45.2 Å². The Bertz CT molecular complexity index is 2110. The Labute approximate surface area is 269 Å².